The average molecular weight is 358 g/mol. The normalized spacial score (nSPS) is 10.3. The van der Waals surface area contributed by atoms with Gasteiger partial charge in [0.1, 0.15) is 0 Å². The van der Waals surface area contributed by atoms with Gasteiger partial charge in [0.05, 0.1) is 0 Å². The fourth-order valence-corrected chi connectivity index (χ4v) is 2.79. The summed E-state index contributed by atoms with van der Waals surface area (Å²) >= 11 is 0. The summed E-state index contributed by atoms with van der Waals surface area (Å²) in [5.41, 5.74) is 3.21. The number of carbonyl (C=O) groups is 2. The van der Waals surface area contributed by atoms with E-state index in [0.717, 1.165) is 11.1 Å². The van der Waals surface area contributed by atoms with Gasteiger partial charge in [-0.2, -0.15) is 0 Å². The first-order valence-corrected chi connectivity index (χ1v) is 8.85. The number of nitrogens with zero attached hydrogens (tertiary/aromatic N) is 1. The molecule has 0 spiro atoms. The van der Waals surface area contributed by atoms with E-state index in [-0.39, 0.29) is 11.8 Å². The summed E-state index contributed by atoms with van der Waals surface area (Å²) in [7, 11) is 1.77. The van der Waals surface area contributed by atoms with E-state index in [4.69, 9.17) is 0 Å². The van der Waals surface area contributed by atoms with Crippen LogP contribution in [-0.2, 0) is 13.1 Å². The molecular weight excluding hydrogens is 336 g/mol. The minimum absolute atomic E-state index is 0.0740. The average Bonchev–Trinajstić information content (AvgIpc) is 2.73. The van der Waals surface area contributed by atoms with Crippen LogP contribution >= 0.6 is 0 Å². The van der Waals surface area contributed by atoms with Crippen molar-refractivity contribution in [3.8, 4) is 0 Å². The molecule has 0 aliphatic heterocycles. The van der Waals surface area contributed by atoms with Gasteiger partial charge < -0.3 is 10.2 Å². The van der Waals surface area contributed by atoms with Crippen LogP contribution in [0.25, 0.3) is 0 Å². The summed E-state index contributed by atoms with van der Waals surface area (Å²) in [5.74, 6) is -0.231. The van der Waals surface area contributed by atoms with Crippen LogP contribution in [0.4, 0.5) is 0 Å². The van der Waals surface area contributed by atoms with Gasteiger partial charge >= 0.3 is 0 Å². The predicted octanol–water partition coefficient (Wildman–Crippen LogP) is 3.89. The lowest BCUT2D eigenvalue weighted by molar-refractivity contribution is 0.0784. The van der Waals surface area contributed by atoms with Gasteiger partial charge in [-0.3, -0.25) is 9.59 Å². The van der Waals surface area contributed by atoms with Crippen molar-refractivity contribution in [3.05, 3.63) is 107 Å². The molecule has 0 radical (unpaired) electrons. The van der Waals surface area contributed by atoms with E-state index in [0.29, 0.717) is 24.2 Å². The standard InChI is InChI=1S/C23H22N2O2/c1-25(17-19-10-6-3-7-11-19)23(27)21-14-12-20(13-15-21)22(26)24-16-18-8-4-2-5-9-18/h2-15H,16-17H2,1H3,(H,24,26). The Morgan fingerprint density at radius 2 is 1.26 bits per heavy atom. The first-order chi connectivity index (χ1) is 13.1. The van der Waals surface area contributed by atoms with Gasteiger partial charge in [-0.15, -0.1) is 0 Å². The highest BCUT2D eigenvalue weighted by atomic mass is 16.2. The van der Waals surface area contributed by atoms with Crippen LogP contribution in [0.2, 0.25) is 0 Å². The van der Waals surface area contributed by atoms with Gasteiger partial charge in [-0.05, 0) is 35.4 Å². The van der Waals surface area contributed by atoms with Crippen molar-refractivity contribution in [2.45, 2.75) is 13.1 Å². The van der Waals surface area contributed by atoms with Crippen molar-refractivity contribution in [2.24, 2.45) is 0 Å². The summed E-state index contributed by atoms with van der Waals surface area (Å²) < 4.78 is 0. The highest BCUT2D eigenvalue weighted by Gasteiger charge is 2.13. The Morgan fingerprint density at radius 3 is 1.85 bits per heavy atom. The van der Waals surface area contributed by atoms with Crippen molar-refractivity contribution >= 4 is 11.8 Å². The van der Waals surface area contributed by atoms with Crippen molar-refractivity contribution in [1.29, 1.82) is 0 Å². The molecule has 3 rings (SSSR count). The number of rotatable bonds is 6. The van der Waals surface area contributed by atoms with Gasteiger partial charge in [0.25, 0.3) is 11.8 Å². The molecule has 0 unspecified atom stereocenters. The fraction of sp³-hybridized carbons (Fsp3) is 0.130. The molecule has 4 heteroatoms. The lowest BCUT2D eigenvalue weighted by Gasteiger charge is -2.17. The zero-order valence-electron chi connectivity index (χ0n) is 15.3. The Hall–Kier alpha value is -3.40. The minimum atomic E-state index is -0.157. The predicted molar refractivity (Wildman–Crippen MR) is 106 cm³/mol. The number of hydrogen-bond donors (Lipinski definition) is 1. The first-order valence-electron chi connectivity index (χ1n) is 8.85. The maximum absolute atomic E-state index is 12.6. The summed E-state index contributed by atoms with van der Waals surface area (Å²) in [5, 5.41) is 2.89. The van der Waals surface area contributed by atoms with Crippen LogP contribution in [0.15, 0.2) is 84.9 Å². The van der Waals surface area contributed by atoms with Crippen LogP contribution in [0.3, 0.4) is 0 Å². The van der Waals surface area contributed by atoms with Gasteiger partial charge in [-0.25, -0.2) is 0 Å². The highest BCUT2D eigenvalue weighted by Crippen LogP contribution is 2.10. The molecule has 0 aliphatic carbocycles. The second kappa shape index (κ2) is 8.81. The molecule has 3 aromatic carbocycles. The largest absolute Gasteiger partial charge is 0.348 e. The number of amides is 2. The first kappa shape index (κ1) is 18.4. The minimum Gasteiger partial charge on any atom is -0.348 e. The monoisotopic (exact) mass is 358 g/mol. The van der Waals surface area contributed by atoms with Crippen molar-refractivity contribution < 1.29 is 9.59 Å². The molecule has 4 nitrogen and oxygen atoms in total. The van der Waals surface area contributed by atoms with Crippen molar-refractivity contribution in [2.75, 3.05) is 7.05 Å². The summed E-state index contributed by atoms with van der Waals surface area (Å²) in [6, 6.07) is 26.3. The molecule has 0 bridgehead atoms. The Labute approximate surface area is 159 Å². The van der Waals surface area contributed by atoms with Gasteiger partial charge in [0.15, 0.2) is 0 Å². The molecule has 0 aromatic heterocycles. The Balaban J connectivity index is 1.58. The third-order valence-corrected chi connectivity index (χ3v) is 4.30. The molecule has 0 saturated heterocycles. The maximum Gasteiger partial charge on any atom is 0.253 e. The molecule has 0 aliphatic rings. The van der Waals surface area contributed by atoms with Crippen molar-refractivity contribution in [3.63, 3.8) is 0 Å². The third kappa shape index (κ3) is 5.05. The molecule has 2 amide bonds. The van der Waals surface area contributed by atoms with Crippen LogP contribution in [-0.4, -0.2) is 23.8 Å². The van der Waals surface area contributed by atoms with E-state index in [1.807, 2.05) is 60.7 Å². The van der Waals surface area contributed by atoms with Crippen LogP contribution in [0.1, 0.15) is 31.8 Å². The molecule has 136 valence electrons. The number of carbonyl (C=O) groups excluding carboxylic acids is 2. The van der Waals surface area contributed by atoms with E-state index in [1.165, 1.54) is 0 Å². The Bertz CT molecular complexity index is 891. The van der Waals surface area contributed by atoms with Crippen LogP contribution in [0.5, 0.6) is 0 Å². The molecule has 0 atom stereocenters. The summed E-state index contributed by atoms with van der Waals surface area (Å²) in [4.78, 5) is 26.5. The molecule has 0 fully saturated rings. The smallest absolute Gasteiger partial charge is 0.253 e. The number of hydrogen-bond acceptors (Lipinski definition) is 2. The Morgan fingerprint density at radius 1 is 0.741 bits per heavy atom. The molecule has 1 N–H and O–H groups in total. The second-order valence-electron chi connectivity index (χ2n) is 6.39. The van der Waals surface area contributed by atoms with Crippen molar-refractivity contribution in [1.82, 2.24) is 10.2 Å². The summed E-state index contributed by atoms with van der Waals surface area (Å²) in [6.07, 6.45) is 0. The Kier molecular flexibility index (Phi) is 6.00. The molecule has 3 aromatic rings. The van der Waals surface area contributed by atoms with E-state index < -0.39 is 0 Å². The van der Waals surface area contributed by atoms with E-state index in [1.54, 1.807) is 36.2 Å². The van der Waals surface area contributed by atoms with Gasteiger partial charge in [0, 0.05) is 31.3 Å². The number of benzene rings is 3. The molecule has 0 heterocycles. The van der Waals surface area contributed by atoms with E-state index in [9.17, 15) is 9.59 Å². The SMILES string of the molecule is CN(Cc1ccccc1)C(=O)c1ccc(C(=O)NCc2ccccc2)cc1. The third-order valence-electron chi connectivity index (χ3n) is 4.30. The van der Waals surface area contributed by atoms with Gasteiger partial charge in [0.2, 0.25) is 0 Å². The maximum atomic E-state index is 12.6. The fourth-order valence-electron chi connectivity index (χ4n) is 2.79. The second-order valence-corrected chi connectivity index (χ2v) is 6.39. The zero-order chi connectivity index (χ0) is 19.1. The van der Waals surface area contributed by atoms with E-state index in [2.05, 4.69) is 5.32 Å². The summed E-state index contributed by atoms with van der Waals surface area (Å²) in [6.45, 7) is 1.01. The topological polar surface area (TPSA) is 49.4 Å². The highest BCUT2D eigenvalue weighted by molar-refractivity contribution is 5.97. The lowest BCUT2D eigenvalue weighted by Crippen LogP contribution is -2.26. The van der Waals surface area contributed by atoms with Crippen LogP contribution < -0.4 is 5.32 Å². The number of nitrogens with one attached hydrogen (secondary N) is 1. The zero-order valence-corrected chi connectivity index (χ0v) is 15.3. The molecule has 27 heavy (non-hydrogen) atoms. The quantitative estimate of drug-likeness (QED) is 0.727. The van der Waals surface area contributed by atoms with Gasteiger partial charge in [-0.1, -0.05) is 60.7 Å². The lowest BCUT2D eigenvalue weighted by atomic mass is 10.1. The molecular formula is C23H22N2O2. The van der Waals surface area contributed by atoms with E-state index >= 15 is 0 Å². The van der Waals surface area contributed by atoms with Crippen LogP contribution in [0, 0.1) is 0 Å². The molecule has 0 saturated carbocycles.